The largest absolute Gasteiger partial charge is 0.493 e. The molecule has 4 aromatic rings. The fraction of sp³-hybridized carbons (Fsp3) is 0.226. The molecule has 0 unspecified atom stereocenters. The highest BCUT2D eigenvalue weighted by Gasteiger charge is 2.35. The molecule has 0 radical (unpaired) electrons. The van der Waals surface area contributed by atoms with E-state index in [1.807, 2.05) is 0 Å². The van der Waals surface area contributed by atoms with Crippen molar-refractivity contribution in [1.82, 2.24) is 4.57 Å². The van der Waals surface area contributed by atoms with Crippen LogP contribution in [0.3, 0.4) is 0 Å². The molecule has 1 aliphatic heterocycles. The summed E-state index contributed by atoms with van der Waals surface area (Å²) in [5.74, 6) is 0.667. The number of thiazole rings is 1. The monoisotopic (exact) mass is 666 g/mol. The maximum absolute atomic E-state index is 14.0. The van der Waals surface area contributed by atoms with Gasteiger partial charge in [0.15, 0.2) is 16.3 Å². The zero-order chi connectivity index (χ0) is 30.8. The molecule has 10 nitrogen and oxygen atoms in total. The highest BCUT2D eigenvalue weighted by Crippen LogP contribution is 2.40. The van der Waals surface area contributed by atoms with Crippen molar-refractivity contribution in [3.8, 4) is 22.8 Å². The average molecular weight is 668 g/mol. The number of halogens is 1. The van der Waals surface area contributed by atoms with Gasteiger partial charge in [-0.1, -0.05) is 45.5 Å². The van der Waals surface area contributed by atoms with Gasteiger partial charge in [-0.25, -0.2) is 14.6 Å². The van der Waals surface area contributed by atoms with E-state index >= 15 is 0 Å². The summed E-state index contributed by atoms with van der Waals surface area (Å²) in [4.78, 5) is 44.6. The van der Waals surface area contributed by atoms with Crippen LogP contribution in [0.4, 0.5) is 0 Å². The number of benzene rings is 2. The van der Waals surface area contributed by atoms with Crippen LogP contribution >= 0.6 is 27.3 Å². The Kier molecular flexibility index (Phi) is 8.69. The van der Waals surface area contributed by atoms with Crippen LogP contribution in [0, 0.1) is 0 Å². The first-order valence-electron chi connectivity index (χ1n) is 13.1. The fourth-order valence-electron chi connectivity index (χ4n) is 4.86. The molecule has 0 saturated carbocycles. The van der Waals surface area contributed by atoms with E-state index in [1.165, 1.54) is 25.9 Å². The first-order chi connectivity index (χ1) is 20.7. The summed E-state index contributed by atoms with van der Waals surface area (Å²) in [6.07, 6.45) is 1.61. The smallest absolute Gasteiger partial charge is 0.338 e. The summed E-state index contributed by atoms with van der Waals surface area (Å²) in [5, 5.41) is 0. The van der Waals surface area contributed by atoms with Gasteiger partial charge in [0.25, 0.3) is 5.56 Å². The van der Waals surface area contributed by atoms with Crippen molar-refractivity contribution in [2.45, 2.75) is 19.9 Å². The quantitative estimate of drug-likeness (QED) is 0.250. The Morgan fingerprint density at radius 3 is 2.49 bits per heavy atom. The van der Waals surface area contributed by atoms with Crippen molar-refractivity contribution in [2.75, 3.05) is 27.9 Å². The molecular weight excluding hydrogens is 640 g/mol. The molecule has 2 aromatic heterocycles. The van der Waals surface area contributed by atoms with Crippen LogP contribution in [0.25, 0.3) is 17.4 Å². The SMILES string of the molecule is CCOC(=O)C1=C(C)N=c2sc(=Cc3ccc(-c4ccccc4C(=O)OC)o3)c(=O)n2[C@H]1c1cc(OC)c(OC)cc1Br. The molecule has 0 N–H and O–H groups in total. The Morgan fingerprint density at radius 2 is 1.79 bits per heavy atom. The van der Waals surface area contributed by atoms with E-state index in [0.717, 1.165) is 11.3 Å². The highest BCUT2D eigenvalue weighted by atomic mass is 79.9. The van der Waals surface area contributed by atoms with Gasteiger partial charge < -0.3 is 23.4 Å². The number of methoxy groups -OCH3 is 3. The number of allylic oxidation sites excluding steroid dienone is 1. The standard InChI is InChI=1S/C31H27BrN2O8S/c1-6-41-30(37)26-16(2)33-31-34(27(26)20-14-23(38-3)24(39-4)15-21(20)32)28(35)25(43-31)13-17-11-12-22(42-17)18-9-7-8-10-19(18)29(36)40-5/h7-15,27H,6H2,1-5H3/t27-/m0/s1. The Balaban J connectivity index is 1.67. The molecule has 3 heterocycles. The van der Waals surface area contributed by atoms with Crippen molar-refractivity contribution in [3.63, 3.8) is 0 Å². The van der Waals surface area contributed by atoms with Gasteiger partial charge in [-0.15, -0.1) is 0 Å². The van der Waals surface area contributed by atoms with Gasteiger partial charge in [0.05, 0.1) is 55.3 Å². The Labute approximate surface area is 258 Å². The number of nitrogens with zero attached hydrogens (tertiary/aromatic N) is 2. The van der Waals surface area contributed by atoms with Gasteiger partial charge in [-0.05, 0) is 49.7 Å². The molecular formula is C31H27BrN2O8S. The van der Waals surface area contributed by atoms with Crippen LogP contribution in [0.1, 0.15) is 41.6 Å². The van der Waals surface area contributed by atoms with E-state index in [1.54, 1.807) is 68.5 Å². The van der Waals surface area contributed by atoms with E-state index in [9.17, 15) is 14.4 Å². The van der Waals surface area contributed by atoms with Gasteiger partial charge >= 0.3 is 11.9 Å². The lowest BCUT2D eigenvalue weighted by Crippen LogP contribution is -2.40. The number of carbonyl (C=O) groups is 2. The molecule has 1 atom stereocenters. The van der Waals surface area contributed by atoms with Gasteiger partial charge in [-0.2, -0.15) is 0 Å². The van der Waals surface area contributed by atoms with Crippen LogP contribution in [-0.4, -0.2) is 44.4 Å². The van der Waals surface area contributed by atoms with Crippen molar-refractivity contribution in [2.24, 2.45) is 4.99 Å². The summed E-state index contributed by atoms with van der Waals surface area (Å²) in [5.41, 5.74) is 1.78. The van der Waals surface area contributed by atoms with Gasteiger partial charge in [0.1, 0.15) is 11.5 Å². The topological polar surface area (TPSA) is 119 Å². The van der Waals surface area contributed by atoms with E-state index in [0.29, 0.717) is 59.2 Å². The number of aromatic nitrogens is 1. The number of furan rings is 1. The summed E-state index contributed by atoms with van der Waals surface area (Å²) in [6.45, 7) is 3.58. The maximum Gasteiger partial charge on any atom is 0.338 e. The van der Waals surface area contributed by atoms with E-state index in [4.69, 9.17) is 23.4 Å². The zero-order valence-corrected chi connectivity index (χ0v) is 26.3. The number of esters is 2. The maximum atomic E-state index is 14.0. The number of carbonyl (C=O) groups excluding carboxylic acids is 2. The molecule has 0 aliphatic carbocycles. The van der Waals surface area contributed by atoms with Crippen LogP contribution in [0.2, 0.25) is 0 Å². The van der Waals surface area contributed by atoms with Crippen LogP contribution in [0.15, 0.2) is 78.5 Å². The molecule has 0 amide bonds. The lowest BCUT2D eigenvalue weighted by Gasteiger charge is -2.26. The third-order valence-electron chi connectivity index (χ3n) is 6.81. The van der Waals surface area contributed by atoms with Gasteiger partial charge in [-0.3, -0.25) is 9.36 Å². The number of ether oxygens (including phenoxy) is 4. The van der Waals surface area contributed by atoms with Crippen LogP contribution in [-0.2, 0) is 14.3 Å². The molecule has 5 rings (SSSR count). The second kappa shape index (κ2) is 12.4. The number of fused-ring (bicyclic) bond motifs is 1. The van der Waals surface area contributed by atoms with Gasteiger partial charge in [0, 0.05) is 16.1 Å². The predicted octanol–water partition coefficient (Wildman–Crippen LogP) is 4.62. The molecule has 43 heavy (non-hydrogen) atoms. The van der Waals surface area contributed by atoms with E-state index in [-0.39, 0.29) is 17.7 Å². The van der Waals surface area contributed by atoms with Crippen LogP contribution in [0.5, 0.6) is 11.5 Å². The van der Waals surface area contributed by atoms with E-state index < -0.39 is 18.0 Å². The number of hydrogen-bond acceptors (Lipinski definition) is 10. The van der Waals surface area contributed by atoms with Gasteiger partial charge in [0.2, 0.25) is 0 Å². The minimum Gasteiger partial charge on any atom is -0.493 e. The highest BCUT2D eigenvalue weighted by molar-refractivity contribution is 9.10. The summed E-state index contributed by atoms with van der Waals surface area (Å²) in [7, 11) is 4.35. The molecule has 0 bridgehead atoms. The summed E-state index contributed by atoms with van der Waals surface area (Å²) < 4.78 is 29.7. The number of rotatable bonds is 8. The average Bonchev–Trinajstić information content (AvgIpc) is 3.59. The Hall–Kier alpha value is -4.42. The lowest BCUT2D eigenvalue weighted by atomic mass is 9.95. The zero-order valence-electron chi connectivity index (χ0n) is 23.9. The molecule has 1 aliphatic rings. The first kappa shape index (κ1) is 30.1. The second-order valence-electron chi connectivity index (χ2n) is 9.27. The summed E-state index contributed by atoms with van der Waals surface area (Å²) >= 11 is 4.76. The van der Waals surface area contributed by atoms with E-state index in [2.05, 4.69) is 20.9 Å². The predicted molar refractivity (Wildman–Crippen MR) is 163 cm³/mol. The minimum atomic E-state index is -0.870. The van der Waals surface area contributed by atoms with Crippen molar-refractivity contribution < 1.29 is 33.0 Å². The van der Waals surface area contributed by atoms with Crippen molar-refractivity contribution >= 4 is 45.3 Å². The molecule has 0 spiro atoms. The fourth-order valence-corrected chi connectivity index (χ4v) is 6.42. The number of hydrogen-bond donors (Lipinski definition) is 0. The second-order valence-corrected chi connectivity index (χ2v) is 11.1. The Morgan fingerprint density at radius 1 is 1.07 bits per heavy atom. The Bertz CT molecular complexity index is 1950. The third kappa shape index (κ3) is 5.55. The lowest BCUT2D eigenvalue weighted by molar-refractivity contribution is -0.139. The van der Waals surface area contributed by atoms with Crippen molar-refractivity contribution in [1.29, 1.82) is 0 Å². The molecule has 0 fully saturated rings. The third-order valence-corrected chi connectivity index (χ3v) is 8.48. The molecule has 0 saturated heterocycles. The minimum absolute atomic E-state index is 0.153. The molecule has 12 heteroatoms. The molecule has 2 aromatic carbocycles. The van der Waals surface area contributed by atoms with Crippen LogP contribution < -0.4 is 24.4 Å². The molecule has 222 valence electrons. The first-order valence-corrected chi connectivity index (χ1v) is 14.7. The van der Waals surface area contributed by atoms with Crippen molar-refractivity contribution in [3.05, 3.63) is 101 Å². The summed E-state index contributed by atoms with van der Waals surface area (Å²) in [6, 6.07) is 12.9. The normalized spacial score (nSPS) is 14.7.